The van der Waals surface area contributed by atoms with Crippen LogP contribution in [0.3, 0.4) is 0 Å². The minimum atomic E-state index is -1.79. The van der Waals surface area contributed by atoms with E-state index < -0.39 is 13.3 Å². The van der Waals surface area contributed by atoms with Gasteiger partial charge in [0, 0.05) is 48.0 Å². The Kier molecular flexibility index (Phi) is 11.6. The van der Waals surface area contributed by atoms with Crippen molar-refractivity contribution in [1.29, 1.82) is 0 Å². The third kappa shape index (κ3) is 8.21. The van der Waals surface area contributed by atoms with Gasteiger partial charge in [0.05, 0.1) is 5.58 Å². The first-order valence-electron chi connectivity index (χ1n) is 21.0. The monoisotopic (exact) mass is 1060 g/mol. The summed E-state index contributed by atoms with van der Waals surface area (Å²) in [6.07, 6.45) is 4.01. The molecule has 4 nitrogen and oxygen atoms in total. The average molecular weight is 1050 g/mol. The van der Waals surface area contributed by atoms with Crippen LogP contribution in [0.15, 0.2) is 185 Å². The van der Waals surface area contributed by atoms with E-state index in [0.29, 0.717) is 0 Å². The molecule has 11 rings (SSSR count). The Morgan fingerprint density at radius 1 is 0.476 bits per heavy atom. The summed E-state index contributed by atoms with van der Waals surface area (Å²) in [6.45, 7) is 4.28. The van der Waals surface area contributed by atoms with Crippen LogP contribution in [0.1, 0.15) is 11.1 Å². The van der Waals surface area contributed by atoms with E-state index in [2.05, 4.69) is 176 Å². The van der Waals surface area contributed by atoms with Crippen molar-refractivity contribution in [3.8, 4) is 55.9 Å². The van der Waals surface area contributed by atoms with Crippen LogP contribution in [0.2, 0.25) is 17.3 Å². The van der Waals surface area contributed by atoms with E-state index in [1.54, 1.807) is 0 Å². The number of fused-ring (bicyclic) bond motifs is 6. The van der Waals surface area contributed by atoms with Crippen molar-refractivity contribution in [3.63, 3.8) is 0 Å². The van der Waals surface area contributed by atoms with Crippen molar-refractivity contribution in [2.24, 2.45) is 0 Å². The number of furan rings is 2. The molecule has 6 heteroatoms. The summed E-state index contributed by atoms with van der Waals surface area (Å²) in [5, 5.41) is 4.36. The first kappa shape index (κ1) is 42.0. The van der Waals surface area contributed by atoms with E-state index in [4.69, 9.17) is 13.8 Å². The fraction of sp³-hybridized carbons (Fsp3) is 0.0877. The van der Waals surface area contributed by atoms with Gasteiger partial charge in [0.2, 0.25) is 0 Å². The number of rotatable bonds is 6. The van der Waals surface area contributed by atoms with Gasteiger partial charge in [0.25, 0.3) is 0 Å². The summed E-state index contributed by atoms with van der Waals surface area (Å²) in [6, 6.07) is 63.4. The van der Waals surface area contributed by atoms with Gasteiger partial charge in [-0.05, 0) is 47.3 Å². The number of aromatic nitrogens is 2. The van der Waals surface area contributed by atoms with Crippen molar-refractivity contribution in [1.82, 2.24) is 9.97 Å². The van der Waals surface area contributed by atoms with Crippen LogP contribution in [0.4, 0.5) is 0 Å². The van der Waals surface area contributed by atoms with Crippen LogP contribution >= 0.6 is 0 Å². The predicted molar refractivity (Wildman–Crippen MR) is 260 cm³/mol. The summed E-state index contributed by atoms with van der Waals surface area (Å²) in [5.41, 5.74) is 16.5. The van der Waals surface area contributed by atoms with E-state index in [-0.39, 0.29) is 20.1 Å². The van der Waals surface area contributed by atoms with Gasteiger partial charge in [-0.2, -0.15) is 0 Å². The summed E-state index contributed by atoms with van der Waals surface area (Å²) < 4.78 is 14.0. The third-order valence-electron chi connectivity index (χ3n) is 11.7. The van der Waals surface area contributed by atoms with Crippen LogP contribution in [0, 0.1) is 26.0 Å². The first-order chi connectivity index (χ1) is 30.2. The van der Waals surface area contributed by atoms with E-state index in [1.807, 2.05) is 48.7 Å². The Labute approximate surface area is 384 Å². The van der Waals surface area contributed by atoms with Crippen LogP contribution in [0.25, 0.3) is 99.8 Å². The zero-order valence-electron chi connectivity index (χ0n) is 35.8. The minimum absolute atomic E-state index is 0. The van der Waals surface area contributed by atoms with Gasteiger partial charge in [0.15, 0.2) is 0 Å². The van der Waals surface area contributed by atoms with Crippen LogP contribution in [0.5, 0.6) is 0 Å². The fourth-order valence-corrected chi connectivity index (χ4v) is 10.5. The van der Waals surface area contributed by atoms with Crippen molar-refractivity contribution >= 4 is 61.5 Å². The second-order valence-electron chi connectivity index (χ2n) is 16.9. The normalized spacial score (nSPS) is 11.4. The quantitative estimate of drug-likeness (QED) is 0.123. The second-order valence-corrected chi connectivity index (χ2v) is 27.6. The zero-order chi connectivity index (χ0) is 42.4. The molecule has 0 saturated heterocycles. The summed E-state index contributed by atoms with van der Waals surface area (Å²) in [5.74, 6) is 7.17. The average Bonchev–Trinajstić information content (AvgIpc) is 3.88. The number of hydrogen-bond acceptors (Lipinski definition) is 4. The minimum Gasteiger partial charge on any atom is 0 e. The Morgan fingerprint density at radius 3 is 1.75 bits per heavy atom. The fourth-order valence-electron chi connectivity index (χ4n) is 8.37. The predicted octanol–water partition coefficient (Wildman–Crippen LogP) is 15.1. The number of pyridine rings is 2. The van der Waals surface area contributed by atoms with Crippen LogP contribution in [-0.4, -0.2) is 23.2 Å². The molecule has 0 amide bonds. The van der Waals surface area contributed by atoms with Crippen molar-refractivity contribution in [3.05, 3.63) is 199 Å². The molecule has 0 aliphatic rings. The molecule has 0 aliphatic heterocycles. The van der Waals surface area contributed by atoms with E-state index in [1.165, 1.54) is 21.1 Å². The van der Waals surface area contributed by atoms with Crippen LogP contribution in [-0.2, 0) is 20.1 Å². The van der Waals surface area contributed by atoms with Gasteiger partial charge in [-0.3, -0.25) is 0 Å². The van der Waals surface area contributed by atoms with Gasteiger partial charge in [-0.15, -0.1) is 12.1 Å². The van der Waals surface area contributed by atoms with Gasteiger partial charge in [0.1, 0.15) is 16.7 Å². The maximum absolute atomic E-state index is 6.51. The van der Waals surface area contributed by atoms with Gasteiger partial charge in [-0.25, -0.2) is 0 Å². The smallest absolute Gasteiger partial charge is 0 e. The molecular formula is C57H44GeIrN2O2-2. The number of para-hydroxylation sites is 2. The Balaban J connectivity index is 0.000000180. The largest absolute Gasteiger partial charge is 0 e. The second kappa shape index (κ2) is 17.4. The molecule has 0 spiro atoms. The molecule has 1 radical (unpaired) electrons. The number of benzene rings is 7. The topological polar surface area (TPSA) is 52.1 Å². The maximum atomic E-state index is 6.51. The molecule has 0 atom stereocenters. The molecule has 7 aromatic carbocycles. The maximum Gasteiger partial charge on any atom is 0 e. The van der Waals surface area contributed by atoms with Gasteiger partial charge < -0.3 is 13.8 Å². The molecule has 11 aromatic rings. The SMILES string of the molecule is Cc1cc(-c2[c-]cc(-c3ccc4oc5ccccc5c4c3)c3c2oc2ccccc23)ncc1-c1ccccc1.Cc1cc(-c2cc[c]([Ge]([CH3])([CH3])[CH3])cn2)[c-]cc1-c1ccccc1.[Ir]. The molecule has 0 aliphatic carbocycles. The zero-order valence-corrected chi connectivity index (χ0v) is 40.3. The van der Waals surface area contributed by atoms with Crippen molar-refractivity contribution < 1.29 is 28.9 Å². The van der Waals surface area contributed by atoms with Crippen molar-refractivity contribution in [2.45, 2.75) is 31.1 Å². The Bertz CT molecular complexity index is 3400. The molecule has 0 fully saturated rings. The molecule has 0 bridgehead atoms. The molecule has 4 heterocycles. The molecule has 0 unspecified atom stereocenters. The van der Waals surface area contributed by atoms with E-state index in [0.717, 1.165) is 94.2 Å². The molecule has 0 N–H and O–H groups in total. The standard InChI is InChI=1S/C36H22NO2.C21H22GeN.Ir/c1-22-19-31(37-21-30(22)23-9-3-2-4-10-23)27-17-16-25(35-28-12-6-8-14-33(28)39-36(27)35)24-15-18-34-29(20-24)26-11-5-7-13-32(26)38-34;1-16-14-18(10-12-20(16)17-8-6-5-7-9-17)21-13-11-19(15-23-21)22(2,3)4;/h2-16,18-21H,1H3;5-9,11-15H,1-4H3;/q2*-1;. The summed E-state index contributed by atoms with van der Waals surface area (Å²) in [7, 11) is 0. The number of hydrogen-bond donors (Lipinski definition) is 0. The summed E-state index contributed by atoms with van der Waals surface area (Å²) >= 11 is -1.79. The summed E-state index contributed by atoms with van der Waals surface area (Å²) in [4.78, 5) is 9.55. The molecule has 309 valence electrons. The van der Waals surface area contributed by atoms with E-state index in [9.17, 15) is 0 Å². The Morgan fingerprint density at radius 2 is 1.08 bits per heavy atom. The Hall–Kier alpha value is -6.37. The van der Waals surface area contributed by atoms with Gasteiger partial charge >= 0.3 is 142 Å². The van der Waals surface area contributed by atoms with Gasteiger partial charge in [-0.1, -0.05) is 102 Å². The van der Waals surface area contributed by atoms with Crippen LogP contribution < -0.4 is 4.40 Å². The number of aryl methyl sites for hydroxylation is 2. The molecule has 63 heavy (non-hydrogen) atoms. The molecule has 0 saturated carbocycles. The van der Waals surface area contributed by atoms with E-state index >= 15 is 0 Å². The van der Waals surface area contributed by atoms with Crippen molar-refractivity contribution in [2.75, 3.05) is 0 Å². The molecule has 4 aromatic heterocycles. The molecular weight excluding hydrogens is 1010 g/mol. The third-order valence-corrected chi connectivity index (χ3v) is 16.0. The number of nitrogens with zero attached hydrogens (tertiary/aromatic N) is 2. The first-order valence-corrected chi connectivity index (χ1v) is 28.4.